The van der Waals surface area contributed by atoms with Gasteiger partial charge in [0, 0.05) is 0 Å². The van der Waals surface area contributed by atoms with Crippen molar-refractivity contribution in [1.29, 1.82) is 0 Å². The second-order valence-corrected chi connectivity index (χ2v) is 4.79. The summed E-state index contributed by atoms with van der Waals surface area (Å²) in [4.78, 5) is 0. The smallest absolute Gasteiger partial charge is 0.123 e. The zero-order chi connectivity index (χ0) is 11.8. The maximum Gasteiger partial charge on any atom is 0.123 e. The maximum atomic E-state index is 12.7. The quantitative estimate of drug-likeness (QED) is 0.571. The minimum absolute atomic E-state index is 0.139. The zero-order valence-electron chi connectivity index (χ0n) is 10.5. The van der Waals surface area contributed by atoms with Crippen molar-refractivity contribution < 1.29 is 4.39 Å². The van der Waals surface area contributed by atoms with Gasteiger partial charge < -0.3 is 0 Å². The molecule has 1 unspecified atom stereocenters. The molecular formula is C15H23F. The molecule has 1 aromatic rings. The zero-order valence-corrected chi connectivity index (χ0v) is 10.5. The monoisotopic (exact) mass is 222 g/mol. The van der Waals surface area contributed by atoms with Crippen molar-refractivity contribution >= 4 is 0 Å². The van der Waals surface area contributed by atoms with E-state index in [4.69, 9.17) is 0 Å². The summed E-state index contributed by atoms with van der Waals surface area (Å²) in [6.45, 7) is 4.53. The third-order valence-corrected chi connectivity index (χ3v) is 3.05. The fraction of sp³-hybridized carbons (Fsp3) is 0.600. The minimum atomic E-state index is -0.139. The topological polar surface area (TPSA) is 0 Å². The Balaban J connectivity index is 2.23. The van der Waals surface area contributed by atoms with Gasteiger partial charge in [-0.2, -0.15) is 0 Å². The Labute approximate surface area is 98.9 Å². The Kier molecular flexibility index (Phi) is 6.14. The van der Waals surface area contributed by atoms with E-state index in [1.165, 1.54) is 37.7 Å². The van der Waals surface area contributed by atoms with Gasteiger partial charge in [-0.3, -0.25) is 0 Å². The number of rotatable bonds is 7. The molecule has 16 heavy (non-hydrogen) atoms. The number of halogens is 1. The summed E-state index contributed by atoms with van der Waals surface area (Å²) in [7, 11) is 0. The highest BCUT2D eigenvalue weighted by Gasteiger charge is 2.03. The van der Waals surface area contributed by atoms with E-state index in [2.05, 4.69) is 13.8 Å². The van der Waals surface area contributed by atoms with Gasteiger partial charge in [0.2, 0.25) is 0 Å². The Hall–Kier alpha value is -0.850. The molecule has 0 spiro atoms. The van der Waals surface area contributed by atoms with Gasteiger partial charge in [-0.25, -0.2) is 4.39 Å². The predicted molar refractivity (Wildman–Crippen MR) is 68.0 cm³/mol. The molecule has 1 atom stereocenters. The predicted octanol–water partition coefficient (Wildman–Crippen LogP) is 4.97. The fourth-order valence-corrected chi connectivity index (χ4v) is 2.04. The van der Waals surface area contributed by atoms with E-state index in [0.717, 1.165) is 6.42 Å². The molecule has 1 heteroatoms. The van der Waals surface area contributed by atoms with E-state index >= 15 is 0 Å². The molecule has 0 saturated carbocycles. The maximum absolute atomic E-state index is 12.7. The molecule has 0 aliphatic rings. The van der Waals surface area contributed by atoms with Crippen molar-refractivity contribution in [2.45, 2.75) is 52.4 Å². The van der Waals surface area contributed by atoms with Crippen molar-refractivity contribution in [2.24, 2.45) is 5.92 Å². The van der Waals surface area contributed by atoms with Gasteiger partial charge >= 0.3 is 0 Å². The summed E-state index contributed by atoms with van der Waals surface area (Å²) in [5.41, 5.74) is 1.25. The van der Waals surface area contributed by atoms with Crippen LogP contribution in [-0.2, 0) is 6.42 Å². The Morgan fingerprint density at radius 1 is 1.06 bits per heavy atom. The fourth-order valence-electron chi connectivity index (χ4n) is 2.04. The van der Waals surface area contributed by atoms with Gasteiger partial charge in [0.15, 0.2) is 0 Å². The Morgan fingerprint density at radius 2 is 1.75 bits per heavy atom. The van der Waals surface area contributed by atoms with Crippen LogP contribution in [0.4, 0.5) is 4.39 Å². The van der Waals surface area contributed by atoms with E-state index < -0.39 is 0 Å². The average molecular weight is 222 g/mol. The van der Waals surface area contributed by atoms with Gasteiger partial charge in [0.05, 0.1) is 0 Å². The van der Waals surface area contributed by atoms with E-state index in [9.17, 15) is 4.39 Å². The molecule has 0 saturated heterocycles. The molecule has 90 valence electrons. The van der Waals surface area contributed by atoms with Crippen LogP contribution in [0.5, 0.6) is 0 Å². The van der Waals surface area contributed by atoms with Crippen LogP contribution in [0.1, 0.15) is 51.5 Å². The molecule has 1 aromatic carbocycles. The van der Waals surface area contributed by atoms with Crippen molar-refractivity contribution in [3.8, 4) is 0 Å². The highest BCUT2D eigenvalue weighted by Crippen LogP contribution is 2.16. The number of hydrogen-bond donors (Lipinski definition) is 0. The lowest BCUT2D eigenvalue weighted by molar-refractivity contribution is 0.487. The first-order chi connectivity index (χ1) is 7.72. The van der Waals surface area contributed by atoms with E-state index in [1.807, 2.05) is 12.1 Å². The third kappa shape index (κ3) is 5.29. The molecule has 0 amide bonds. The normalized spacial score (nSPS) is 12.7. The van der Waals surface area contributed by atoms with Gasteiger partial charge in [-0.15, -0.1) is 0 Å². The third-order valence-electron chi connectivity index (χ3n) is 3.05. The number of unbranched alkanes of at least 4 members (excludes halogenated alkanes) is 3. The van der Waals surface area contributed by atoms with Crippen molar-refractivity contribution in [3.05, 3.63) is 35.6 Å². The molecule has 0 nitrogen and oxygen atoms in total. The lowest BCUT2D eigenvalue weighted by atomic mass is 9.95. The minimum Gasteiger partial charge on any atom is -0.207 e. The first-order valence-corrected chi connectivity index (χ1v) is 6.46. The molecule has 0 aliphatic carbocycles. The first kappa shape index (κ1) is 13.2. The summed E-state index contributed by atoms with van der Waals surface area (Å²) in [6.07, 6.45) is 7.69. The van der Waals surface area contributed by atoms with Crippen LogP contribution >= 0.6 is 0 Å². The van der Waals surface area contributed by atoms with Gasteiger partial charge in [-0.05, 0) is 30.0 Å². The average Bonchev–Trinajstić information content (AvgIpc) is 2.28. The molecule has 1 rings (SSSR count). The highest BCUT2D eigenvalue weighted by molar-refractivity contribution is 5.16. The SMILES string of the molecule is CCCCCCC(C)Cc1ccc(F)cc1. The molecular weight excluding hydrogens is 199 g/mol. The molecule has 0 radical (unpaired) electrons. The molecule has 0 heterocycles. The van der Waals surface area contributed by atoms with Gasteiger partial charge in [0.1, 0.15) is 5.82 Å². The van der Waals surface area contributed by atoms with Gasteiger partial charge in [-0.1, -0.05) is 58.1 Å². The second kappa shape index (κ2) is 7.43. The van der Waals surface area contributed by atoms with Crippen LogP contribution in [-0.4, -0.2) is 0 Å². The standard InChI is InChI=1S/C15H23F/c1-3-4-5-6-7-13(2)12-14-8-10-15(16)11-9-14/h8-11,13H,3-7,12H2,1-2H3. The summed E-state index contributed by atoms with van der Waals surface area (Å²) in [5.74, 6) is 0.571. The van der Waals surface area contributed by atoms with Crippen LogP contribution < -0.4 is 0 Å². The van der Waals surface area contributed by atoms with Crippen molar-refractivity contribution in [2.75, 3.05) is 0 Å². The van der Waals surface area contributed by atoms with E-state index in [1.54, 1.807) is 12.1 Å². The molecule has 0 aliphatic heterocycles. The van der Waals surface area contributed by atoms with E-state index in [0.29, 0.717) is 5.92 Å². The van der Waals surface area contributed by atoms with Crippen molar-refractivity contribution in [3.63, 3.8) is 0 Å². The van der Waals surface area contributed by atoms with Crippen LogP contribution in [0, 0.1) is 11.7 Å². The Morgan fingerprint density at radius 3 is 2.38 bits per heavy atom. The van der Waals surface area contributed by atoms with Crippen LogP contribution in [0.15, 0.2) is 24.3 Å². The number of hydrogen-bond acceptors (Lipinski definition) is 0. The molecule has 0 N–H and O–H groups in total. The van der Waals surface area contributed by atoms with Crippen LogP contribution in [0.3, 0.4) is 0 Å². The van der Waals surface area contributed by atoms with Crippen LogP contribution in [0.25, 0.3) is 0 Å². The molecule has 0 fully saturated rings. The van der Waals surface area contributed by atoms with Gasteiger partial charge in [0.25, 0.3) is 0 Å². The van der Waals surface area contributed by atoms with Crippen LogP contribution in [0.2, 0.25) is 0 Å². The molecule has 0 aromatic heterocycles. The summed E-state index contributed by atoms with van der Waals surface area (Å²) in [6, 6.07) is 6.91. The lowest BCUT2D eigenvalue weighted by Gasteiger charge is -2.11. The summed E-state index contributed by atoms with van der Waals surface area (Å²) < 4.78 is 12.7. The van der Waals surface area contributed by atoms with E-state index in [-0.39, 0.29) is 5.82 Å². The summed E-state index contributed by atoms with van der Waals surface area (Å²) >= 11 is 0. The van der Waals surface area contributed by atoms with Crippen molar-refractivity contribution in [1.82, 2.24) is 0 Å². The second-order valence-electron chi connectivity index (χ2n) is 4.79. The highest BCUT2D eigenvalue weighted by atomic mass is 19.1. The largest absolute Gasteiger partial charge is 0.207 e. The summed E-state index contributed by atoms with van der Waals surface area (Å²) in [5, 5.41) is 0. The number of benzene rings is 1. The molecule has 0 bridgehead atoms. The first-order valence-electron chi connectivity index (χ1n) is 6.46. The Bertz CT molecular complexity index is 276. The lowest BCUT2D eigenvalue weighted by Crippen LogP contribution is -1.99.